The summed E-state index contributed by atoms with van der Waals surface area (Å²) in [6, 6.07) is 1.45. The molecule has 7 nitrogen and oxygen atoms in total. The van der Waals surface area contributed by atoms with Crippen molar-refractivity contribution in [2.24, 2.45) is 0 Å². The monoisotopic (exact) mass is 349 g/mol. The number of allylic oxidation sites excluding steroid dienone is 3. The average molecular weight is 349 g/mol. The third-order valence-corrected chi connectivity index (χ3v) is 4.08. The molecule has 2 N–H and O–H groups in total. The highest BCUT2D eigenvalue weighted by molar-refractivity contribution is 6.05. The first-order valence-corrected chi connectivity index (χ1v) is 8.05. The molecule has 1 aliphatic carbocycles. The van der Waals surface area contributed by atoms with Crippen molar-refractivity contribution in [3.8, 4) is 5.75 Å². The van der Waals surface area contributed by atoms with Gasteiger partial charge < -0.3 is 15.3 Å². The fraction of sp³-hybridized carbons (Fsp3) is 0.211. The van der Waals surface area contributed by atoms with Crippen molar-refractivity contribution in [3.05, 3.63) is 53.8 Å². The van der Waals surface area contributed by atoms with Crippen LogP contribution in [0.3, 0.4) is 0 Å². The van der Waals surface area contributed by atoms with Crippen LogP contribution in [-0.4, -0.2) is 45.0 Å². The molecule has 0 fully saturated rings. The molecule has 2 aromatic rings. The van der Waals surface area contributed by atoms with E-state index in [1.807, 2.05) is 32.0 Å². The van der Waals surface area contributed by atoms with Crippen LogP contribution in [0.15, 0.2) is 48.1 Å². The maximum absolute atomic E-state index is 12.3. The zero-order valence-corrected chi connectivity index (χ0v) is 14.9. The van der Waals surface area contributed by atoms with Gasteiger partial charge in [-0.15, -0.1) is 0 Å². The fourth-order valence-electron chi connectivity index (χ4n) is 2.54. The van der Waals surface area contributed by atoms with Gasteiger partial charge >= 0.3 is 0 Å². The van der Waals surface area contributed by atoms with E-state index in [9.17, 15) is 9.90 Å². The minimum atomic E-state index is -0.342. The van der Waals surface area contributed by atoms with Gasteiger partial charge in [0.25, 0.3) is 5.91 Å². The van der Waals surface area contributed by atoms with Gasteiger partial charge in [-0.3, -0.25) is 4.79 Å². The number of aromatic hydroxyl groups is 1. The summed E-state index contributed by atoms with van der Waals surface area (Å²) in [5.74, 6) is -0.440. The second kappa shape index (κ2) is 6.82. The minimum Gasteiger partial charge on any atom is -0.504 e. The Labute approximate surface area is 151 Å². The van der Waals surface area contributed by atoms with Crippen molar-refractivity contribution in [1.29, 1.82) is 0 Å². The number of pyridine rings is 1. The van der Waals surface area contributed by atoms with Gasteiger partial charge in [0.15, 0.2) is 11.6 Å². The van der Waals surface area contributed by atoms with Gasteiger partial charge in [0.05, 0.1) is 22.5 Å². The van der Waals surface area contributed by atoms with Crippen LogP contribution in [-0.2, 0) is 4.79 Å². The van der Waals surface area contributed by atoms with Gasteiger partial charge in [0.1, 0.15) is 11.8 Å². The van der Waals surface area contributed by atoms with Crippen LogP contribution in [0.5, 0.6) is 5.75 Å². The molecule has 132 valence electrons. The van der Waals surface area contributed by atoms with Crippen LogP contribution < -0.4 is 5.32 Å². The summed E-state index contributed by atoms with van der Waals surface area (Å²) in [7, 11) is 3.79. The number of nitrogens with zero attached hydrogens (tertiary/aromatic N) is 4. The first-order chi connectivity index (χ1) is 12.4. The zero-order chi connectivity index (χ0) is 18.8. The largest absolute Gasteiger partial charge is 0.504 e. The zero-order valence-electron chi connectivity index (χ0n) is 14.9. The molecule has 26 heavy (non-hydrogen) atoms. The molecule has 2 aromatic heterocycles. The Balaban J connectivity index is 2.01. The Morgan fingerprint density at radius 1 is 1.42 bits per heavy atom. The highest BCUT2D eigenvalue weighted by atomic mass is 16.3. The number of fused-ring (bicyclic) bond motifs is 1. The predicted molar refractivity (Wildman–Crippen MR) is 100 cm³/mol. The summed E-state index contributed by atoms with van der Waals surface area (Å²) in [4.78, 5) is 27.0. The first kappa shape index (κ1) is 17.4. The molecule has 0 atom stereocenters. The Kier molecular flexibility index (Phi) is 4.56. The van der Waals surface area contributed by atoms with Crippen molar-refractivity contribution in [3.63, 3.8) is 0 Å². The third kappa shape index (κ3) is 3.08. The molecule has 1 amide bonds. The molecule has 0 saturated heterocycles. The van der Waals surface area contributed by atoms with E-state index in [0.29, 0.717) is 28.7 Å². The number of amides is 1. The molecule has 0 bridgehead atoms. The normalized spacial score (nSPS) is 13.6. The fourth-order valence-corrected chi connectivity index (χ4v) is 2.54. The van der Waals surface area contributed by atoms with Gasteiger partial charge in [-0.25, -0.2) is 15.0 Å². The van der Waals surface area contributed by atoms with Gasteiger partial charge in [-0.1, -0.05) is 24.5 Å². The first-order valence-electron chi connectivity index (χ1n) is 8.05. The highest BCUT2D eigenvalue weighted by Gasteiger charge is 2.22. The molecular weight excluding hydrogens is 330 g/mol. The van der Waals surface area contributed by atoms with Gasteiger partial charge in [0.2, 0.25) is 0 Å². The number of rotatable bonds is 5. The second-order valence-corrected chi connectivity index (χ2v) is 5.97. The van der Waals surface area contributed by atoms with Gasteiger partial charge in [0, 0.05) is 26.6 Å². The quantitative estimate of drug-likeness (QED) is 0.637. The molecule has 0 unspecified atom stereocenters. The second-order valence-electron chi connectivity index (χ2n) is 5.97. The number of nitrogens with one attached hydrogen (secondary N) is 1. The highest BCUT2D eigenvalue weighted by Crippen LogP contribution is 2.30. The van der Waals surface area contributed by atoms with Crippen molar-refractivity contribution in [2.45, 2.75) is 13.3 Å². The van der Waals surface area contributed by atoms with Crippen molar-refractivity contribution in [2.75, 3.05) is 19.4 Å². The Bertz CT molecular complexity index is 1010. The van der Waals surface area contributed by atoms with E-state index in [1.165, 1.54) is 12.4 Å². The van der Waals surface area contributed by atoms with E-state index in [2.05, 4.69) is 32.6 Å². The van der Waals surface area contributed by atoms with Crippen LogP contribution in [0.4, 0.5) is 5.82 Å². The Morgan fingerprint density at radius 3 is 2.77 bits per heavy atom. The number of carbonyl (C=O) groups is 1. The molecule has 7 heteroatoms. The van der Waals surface area contributed by atoms with Crippen molar-refractivity contribution in [1.82, 2.24) is 19.9 Å². The number of hydrogen-bond acceptors (Lipinski definition) is 6. The summed E-state index contributed by atoms with van der Waals surface area (Å²) >= 11 is 0. The number of carbonyl (C=O) groups excluding carboxylic acids is 1. The van der Waals surface area contributed by atoms with Crippen molar-refractivity contribution < 1.29 is 9.90 Å². The molecule has 2 heterocycles. The average Bonchev–Trinajstić information content (AvgIpc) is 2.55. The smallest absolute Gasteiger partial charge is 0.261 e. The molecule has 0 saturated carbocycles. The van der Waals surface area contributed by atoms with Crippen LogP contribution >= 0.6 is 0 Å². The van der Waals surface area contributed by atoms with Crippen LogP contribution in [0.1, 0.15) is 19.0 Å². The lowest BCUT2D eigenvalue weighted by Gasteiger charge is -2.21. The summed E-state index contributed by atoms with van der Waals surface area (Å²) in [6.07, 6.45) is 5.45. The summed E-state index contributed by atoms with van der Waals surface area (Å²) < 4.78 is 0. The van der Waals surface area contributed by atoms with E-state index < -0.39 is 0 Å². The lowest BCUT2D eigenvalue weighted by molar-refractivity contribution is -0.113. The summed E-state index contributed by atoms with van der Waals surface area (Å²) in [5.41, 5.74) is 6.78. The SMILES string of the molecule is C=C/C(=C\C)c1ncnc2cc(O)c(NC(=O)C3=C=C(N(C)C)C3)nc12. The van der Waals surface area contributed by atoms with Crippen LogP contribution in [0, 0.1) is 0 Å². The summed E-state index contributed by atoms with van der Waals surface area (Å²) in [5, 5.41) is 12.8. The maximum atomic E-state index is 12.3. The molecule has 1 aliphatic rings. The van der Waals surface area contributed by atoms with E-state index in [-0.39, 0.29) is 17.5 Å². The molecule has 0 aliphatic heterocycles. The van der Waals surface area contributed by atoms with E-state index >= 15 is 0 Å². The summed E-state index contributed by atoms with van der Waals surface area (Å²) in [6.45, 7) is 5.64. The van der Waals surface area contributed by atoms with Crippen LogP contribution in [0.25, 0.3) is 16.6 Å². The van der Waals surface area contributed by atoms with E-state index in [4.69, 9.17) is 0 Å². The van der Waals surface area contributed by atoms with Gasteiger partial charge in [-0.2, -0.15) is 0 Å². The minimum absolute atomic E-state index is 0.0608. The number of anilines is 1. The predicted octanol–water partition coefficient (Wildman–Crippen LogP) is 2.63. The van der Waals surface area contributed by atoms with Crippen LogP contribution in [0.2, 0.25) is 0 Å². The molecular formula is C19H19N5O2. The third-order valence-electron chi connectivity index (χ3n) is 4.08. The Hall–Kier alpha value is -3.44. The molecule has 3 rings (SSSR count). The molecule has 0 aromatic carbocycles. The lowest BCUT2D eigenvalue weighted by Crippen LogP contribution is -2.23. The van der Waals surface area contributed by atoms with Crippen molar-refractivity contribution >= 4 is 28.3 Å². The number of hydrogen-bond donors (Lipinski definition) is 2. The van der Waals surface area contributed by atoms with Gasteiger partial charge in [-0.05, 0) is 12.5 Å². The van der Waals surface area contributed by atoms with E-state index in [0.717, 1.165) is 11.3 Å². The molecule has 0 spiro atoms. The Morgan fingerprint density at radius 2 is 2.15 bits per heavy atom. The maximum Gasteiger partial charge on any atom is 0.261 e. The standard InChI is InChI=1S/C19H19N5O2/c1-5-11(6-2)16-17-14(20-10-21-16)9-15(25)18(22-17)23-19(26)12-7-13(8-12)24(3)4/h5-6,9-10,25H,1,7H2,2-4H3,(H,22,23,26)/b11-6+. The lowest BCUT2D eigenvalue weighted by atomic mass is 10.0. The molecule has 0 radical (unpaired) electrons. The topological polar surface area (TPSA) is 91.2 Å². The van der Waals surface area contributed by atoms with E-state index in [1.54, 1.807) is 6.08 Å². The number of aromatic nitrogens is 3.